The number of hydrogen-bond acceptors (Lipinski definition) is 4. The van der Waals surface area contributed by atoms with E-state index in [-0.39, 0.29) is 6.04 Å². The number of nitrogens with one attached hydrogen (secondary N) is 1. The van der Waals surface area contributed by atoms with Crippen molar-refractivity contribution in [2.75, 3.05) is 0 Å². The minimum Gasteiger partial charge on any atom is -0.272 e. The average molecular weight is 262 g/mol. The SMILES string of the molecule is CCCn1cc(C(NN)c2cc(C)nn2CC)cn1. The van der Waals surface area contributed by atoms with Crippen molar-refractivity contribution in [3.63, 3.8) is 0 Å². The Bertz CT molecular complexity index is 527. The monoisotopic (exact) mass is 262 g/mol. The lowest BCUT2D eigenvalue weighted by atomic mass is 10.1. The molecule has 0 aliphatic rings. The summed E-state index contributed by atoms with van der Waals surface area (Å²) in [7, 11) is 0. The molecule has 3 N–H and O–H groups in total. The summed E-state index contributed by atoms with van der Waals surface area (Å²) < 4.78 is 3.91. The van der Waals surface area contributed by atoms with Crippen molar-refractivity contribution in [1.82, 2.24) is 25.0 Å². The summed E-state index contributed by atoms with van der Waals surface area (Å²) in [4.78, 5) is 0. The maximum absolute atomic E-state index is 5.72. The van der Waals surface area contributed by atoms with Gasteiger partial charge in [0.25, 0.3) is 0 Å². The standard InChI is InChI=1S/C13H22N6/c1-4-6-18-9-11(8-15-18)13(16-14)12-7-10(3)17-19(12)5-2/h7-9,13,16H,4-6,14H2,1-3H3. The Morgan fingerprint density at radius 2 is 2.21 bits per heavy atom. The van der Waals surface area contributed by atoms with E-state index in [0.29, 0.717) is 0 Å². The van der Waals surface area contributed by atoms with E-state index in [4.69, 9.17) is 5.84 Å². The molecule has 0 radical (unpaired) electrons. The van der Waals surface area contributed by atoms with Crippen molar-refractivity contribution < 1.29 is 0 Å². The lowest BCUT2D eigenvalue weighted by molar-refractivity contribution is 0.540. The van der Waals surface area contributed by atoms with E-state index < -0.39 is 0 Å². The molecule has 0 saturated heterocycles. The summed E-state index contributed by atoms with van der Waals surface area (Å²) in [5, 5.41) is 8.81. The summed E-state index contributed by atoms with van der Waals surface area (Å²) in [6.45, 7) is 7.94. The largest absolute Gasteiger partial charge is 0.272 e. The van der Waals surface area contributed by atoms with Crippen molar-refractivity contribution in [3.8, 4) is 0 Å². The Hall–Kier alpha value is -1.66. The van der Waals surface area contributed by atoms with Gasteiger partial charge in [0.05, 0.1) is 23.6 Å². The lowest BCUT2D eigenvalue weighted by Crippen LogP contribution is -2.30. The lowest BCUT2D eigenvalue weighted by Gasteiger charge is -2.15. The molecule has 0 spiro atoms. The van der Waals surface area contributed by atoms with Gasteiger partial charge < -0.3 is 0 Å². The molecule has 104 valence electrons. The zero-order valence-electron chi connectivity index (χ0n) is 11.8. The van der Waals surface area contributed by atoms with Crippen LogP contribution >= 0.6 is 0 Å². The van der Waals surface area contributed by atoms with Crippen LogP contribution in [-0.2, 0) is 13.1 Å². The van der Waals surface area contributed by atoms with Gasteiger partial charge >= 0.3 is 0 Å². The van der Waals surface area contributed by atoms with Gasteiger partial charge in [-0.2, -0.15) is 10.2 Å². The van der Waals surface area contributed by atoms with E-state index in [1.165, 1.54) is 0 Å². The van der Waals surface area contributed by atoms with E-state index in [2.05, 4.69) is 35.5 Å². The first kappa shape index (κ1) is 13.8. The molecule has 2 aromatic rings. The van der Waals surface area contributed by atoms with Gasteiger partial charge in [-0.3, -0.25) is 15.2 Å². The molecule has 2 aromatic heterocycles. The minimum atomic E-state index is -0.0771. The topological polar surface area (TPSA) is 73.7 Å². The van der Waals surface area contributed by atoms with Crippen LogP contribution in [0.5, 0.6) is 0 Å². The molecule has 2 rings (SSSR count). The van der Waals surface area contributed by atoms with E-state index in [1.54, 1.807) is 0 Å². The van der Waals surface area contributed by atoms with Gasteiger partial charge in [-0.05, 0) is 26.3 Å². The number of aryl methyl sites for hydroxylation is 3. The van der Waals surface area contributed by atoms with E-state index in [9.17, 15) is 0 Å². The second-order valence-electron chi connectivity index (χ2n) is 4.66. The molecule has 6 nitrogen and oxygen atoms in total. The quantitative estimate of drug-likeness (QED) is 0.609. The Kier molecular flexibility index (Phi) is 4.34. The fourth-order valence-corrected chi connectivity index (χ4v) is 2.28. The van der Waals surface area contributed by atoms with Gasteiger partial charge in [-0.15, -0.1) is 0 Å². The minimum absolute atomic E-state index is 0.0771. The first-order chi connectivity index (χ1) is 9.19. The van der Waals surface area contributed by atoms with Crippen LogP contribution in [-0.4, -0.2) is 19.6 Å². The Morgan fingerprint density at radius 3 is 2.84 bits per heavy atom. The van der Waals surface area contributed by atoms with Crippen LogP contribution in [0.2, 0.25) is 0 Å². The molecule has 0 aromatic carbocycles. The molecule has 0 saturated carbocycles. The number of nitrogens with two attached hydrogens (primary N) is 1. The second kappa shape index (κ2) is 5.99. The van der Waals surface area contributed by atoms with Gasteiger partial charge in [-0.1, -0.05) is 6.92 Å². The Morgan fingerprint density at radius 1 is 1.42 bits per heavy atom. The van der Waals surface area contributed by atoms with Crippen molar-refractivity contribution >= 4 is 0 Å². The van der Waals surface area contributed by atoms with Crippen molar-refractivity contribution in [2.24, 2.45) is 5.84 Å². The molecule has 0 amide bonds. The highest BCUT2D eigenvalue weighted by Crippen LogP contribution is 2.21. The fourth-order valence-electron chi connectivity index (χ4n) is 2.28. The van der Waals surface area contributed by atoms with Gasteiger partial charge in [0.1, 0.15) is 0 Å². The zero-order valence-corrected chi connectivity index (χ0v) is 11.8. The van der Waals surface area contributed by atoms with Crippen molar-refractivity contribution in [2.45, 2.75) is 46.3 Å². The van der Waals surface area contributed by atoms with Crippen LogP contribution in [0.25, 0.3) is 0 Å². The highest BCUT2D eigenvalue weighted by Gasteiger charge is 2.19. The number of nitrogens with zero attached hydrogens (tertiary/aromatic N) is 4. The van der Waals surface area contributed by atoms with Crippen molar-refractivity contribution in [1.29, 1.82) is 0 Å². The maximum Gasteiger partial charge on any atom is 0.0908 e. The summed E-state index contributed by atoms with van der Waals surface area (Å²) in [5.74, 6) is 5.72. The molecule has 0 aliphatic carbocycles. The van der Waals surface area contributed by atoms with Crippen molar-refractivity contribution in [3.05, 3.63) is 35.4 Å². The number of hydrogen-bond donors (Lipinski definition) is 2. The fraction of sp³-hybridized carbons (Fsp3) is 0.538. The third-order valence-corrected chi connectivity index (χ3v) is 3.13. The molecule has 0 bridgehead atoms. The Balaban J connectivity index is 2.32. The number of rotatable bonds is 6. The van der Waals surface area contributed by atoms with Crippen LogP contribution in [0.1, 0.15) is 43.3 Å². The van der Waals surface area contributed by atoms with E-state index in [0.717, 1.165) is 36.5 Å². The molecule has 1 unspecified atom stereocenters. The molecule has 2 heterocycles. The first-order valence-corrected chi connectivity index (χ1v) is 6.72. The van der Waals surface area contributed by atoms with Crippen LogP contribution in [0.3, 0.4) is 0 Å². The molecule has 6 heteroatoms. The molecule has 0 fully saturated rings. The average Bonchev–Trinajstić information content (AvgIpc) is 2.98. The third kappa shape index (κ3) is 2.85. The molecular weight excluding hydrogens is 240 g/mol. The predicted molar refractivity (Wildman–Crippen MR) is 74.3 cm³/mol. The first-order valence-electron chi connectivity index (χ1n) is 6.72. The maximum atomic E-state index is 5.72. The van der Waals surface area contributed by atoms with Crippen LogP contribution in [0.4, 0.5) is 0 Å². The highest BCUT2D eigenvalue weighted by atomic mass is 15.3. The molecular formula is C13H22N6. The number of hydrazine groups is 1. The summed E-state index contributed by atoms with van der Waals surface area (Å²) in [5.41, 5.74) is 5.99. The van der Waals surface area contributed by atoms with E-state index in [1.807, 2.05) is 28.7 Å². The summed E-state index contributed by atoms with van der Waals surface area (Å²) in [6.07, 6.45) is 4.97. The summed E-state index contributed by atoms with van der Waals surface area (Å²) >= 11 is 0. The van der Waals surface area contributed by atoms with E-state index >= 15 is 0 Å². The predicted octanol–water partition coefficient (Wildman–Crippen LogP) is 1.37. The Labute approximate surface area is 113 Å². The number of aromatic nitrogens is 4. The molecule has 0 aliphatic heterocycles. The zero-order chi connectivity index (χ0) is 13.8. The smallest absolute Gasteiger partial charge is 0.0908 e. The molecule has 1 atom stereocenters. The van der Waals surface area contributed by atoms with Crippen LogP contribution < -0.4 is 11.3 Å². The van der Waals surface area contributed by atoms with Gasteiger partial charge in [0.2, 0.25) is 0 Å². The summed E-state index contributed by atoms with van der Waals surface area (Å²) in [6, 6.07) is 1.98. The van der Waals surface area contributed by atoms with Crippen LogP contribution in [0, 0.1) is 6.92 Å². The van der Waals surface area contributed by atoms with Gasteiger partial charge in [0, 0.05) is 24.8 Å². The normalized spacial score (nSPS) is 12.8. The van der Waals surface area contributed by atoms with Crippen LogP contribution in [0.15, 0.2) is 18.5 Å². The van der Waals surface area contributed by atoms with Gasteiger partial charge in [-0.25, -0.2) is 5.43 Å². The van der Waals surface area contributed by atoms with Gasteiger partial charge in [0.15, 0.2) is 0 Å². The highest BCUT2D eigenvalue weighted by molar-refractivity contribution is 5.25. The third-order valence-electron chi connectivity index (χ3n) is 3.13. The molecule has 19 heavy (non-hydrogen) atoms. The second-order valence-corrected chi connectivity index (χ2v) is 4.66.